The van der Waals surface area contributed by atoms with Crippen molar-refractivity contribution < 1.29 is 27.8 Å². The van der Waals surface area contributed by atoms with Gasteiger partial charge in [0.25, 0.3) is 12.3 Å². The molecule has 0 aromatic carbocycles. The highest BCUT2D eigenvalue weighted by atomic mass is 19.3. The van der Waals surface area contributed by atoms with E-state index in [-0.39, 0.29) is 30.0 Å². The third kappa shape index (κ3) is 6.17. The standard InChI is InChI=1S/C17H18F2N4O4/c1-10(24)22-14-7-11(5-6-20-14)16(25)21-8-12-3-4-15(23-17(12)26-2)27-9-13(18)19/h3-7,13H,8-9H2,1-2H3,(H,21,25)(H,20,22,24). The van der Waals surface area contributed by atoms with Gasteiger partial charge >= 0.3 is 0 Å². The van der Waals surface area contributed by atoms with E-state index in [1.165, 1.54) is 38.4 Å². The molecule has 8 nitrogen and oxygen atoms in total. The lowest BCUT2D eigenvalue weighted by molar-refractivity contribution is -0.114. The normalized spacial score (nSPS) is 10.4. The van der Waals surface area contributed by atoms with Gasteiger partial charge in [-0.1, -0.05) is 0 Å². The molecule has 0 unspecified atom stereocenters. The van der Waals surface area contributed by atoms with E-state index in [0.29, 0.717) is 11.1 Å². The van der Waals surface area contributed by atoms with Gasteiger partial charge in [0.15, 0.2) is 6.61 Å². The highest BCUT2D eigenvalue weighted by Gasteiger charge is 2.12. The summed E-state index contributed by atoms with van der Waals surface area (Å²) in [6.45, 7) is 0.648. The molecule has 27 heavy (non-hydrogen) atoms. The molecule has 2 rings (SSSR count). The van der Waals surface area contributed by atoms with Crippen LogP contribution < -0.4 is 20.1 Å². The molecule has 0 saturated carbocycles. The summed E-state index contributed by atoms with van der Waals surface area (Å²) < 4.78 is 34.3. The van der Waals surface area contributed by atoms with Crippen molar-refractivity contribution in [3.63, 3.8) is 0 Å². The molecule has 0 spiro atoms. The number of aromatic nitrogens is 2. The zero-order valence-corrected chi connectivity index (χ0v) is 14.7. The summed E-state index contributed by atoms with van der Waals surface area (Å²) in [4.78, 5) is 31.3. The molecular formula is C17H18F2N4O4. The third-order valence-electron chi connectivity index (χ3n) is 3.23. The molecule has 0 fully saturated rings. The van der Waals surface area contributed by atoms with Crippen LogP contribution >= 0.6 is 0 Å². The van der Waals surface area contributed by atoms with Gasteiger partial charge < -0.3 is 20.1 Å². The Labute approximate surface area is 153 Å². The highest BCUT2D eigenvalue weighted by molar-refractivity contribution is 5.96. The molecule has 0 radical (unpaired) electrons. The minimum absolute atomic E-state index is 0.00342. The summed E-state index contributed by atoms with van der Waals surface area (Å²) >= 11 is 0. The topological polar surface area (TPSA) is 102 Å². The molecule has 2 N–H and O–H groups in total. The van der Waals surface area contributed by atoms with Crippen molar-refractivity contribution in [3.8, 4) is 11.8 Å². The monoisotopic (exact) mass is 380 g/mol. The predicted octanol–water partition coefficient (Wildman–Crippen LogP) is 2.02. The lowest BCUT2D eigenvalue weighted by Crippen LogP contribution is -2.23. The minimum Gasteiger partial charge on any atom is -0.481 e. The first-order chi connectivity index (χ1) is 12.9. The van der Waals surface area contributed by atoms with Crippen molar-refractivity contribution in [1.82, 2.24) is 15.3 Å². The fourth-order valence-electron chi connectivity index (χ4n) is 2.09. The maximum atomic E-state index is 12.3. The van der Waals surface area contributed by atoms with E-state index in [2.05, 4.69) is 20.6 Å². The number of rotatable bonds is 8. The first kappa shape index (κ1) is 20.0. The number of methoxy groups -OCH3 is 1. The van der Waals surface area contributed by atoms with Crippen molar-refractivity contribution in [2.45, 2.75) is 19.9 Å². The number of hydrogen-bond donors (Lipinski definition) is 2. The number of amides is 2. The van der Waals surface area contributed by atoms with Gasteiger partial charge in [0.1, 0.15) is 5.82 Å². The van der Waals surface area contributed by atoms with Crippen LogP contribution in [0.15, 0.2) is 30.5 Å². The molecule has 2 heterocycles. The Morgan fingerprint density at radius 2 is 2.04 bits per heavy atom. The average molecular weight is 380 g/mol. The SMILES string of the molecule is COc1nc(OCC(F)F)ccc1CNC(=O)c1ccnc(NC(C)=O)c1. The molecule has 144 valence electrons. The number of anilines is 1. The molecule has 2 amide bonds. The third-order valence-corrected chi connectivity index (χ3v) is 3.23. The van der Waals surface area contributed by atoms with Gasteiger partial charge in [-0.15, -0.1) is 0 Å². The maximum Gasteiger partial charge on any atom is 0.272 e. The molecule has 10 heteroatoms. The fourth-order valence-corrected chi connectivity index (χ4v) is 2.09. The maximum absolute atomic E-state index is 12.3. The van der Waals surface area contributed by atoms with E-state index >= 15 is 0 Å². The number of alkyl halides is 2. The number of carbonyl (C=O) groups is 2. The van der Waals surface area contributed by atoms with Crippen molar-refractivity contribution in [2.75, 3.05) is 19.0 Å². The number of ether oxygens (including phenoxy) is 2. The van der Waals surface area contributed by atoms with Crippen LogP contribution in [0.2, 0.25) is 0 Å². The predicted molar refractivity (Wildman–Crippen MR) is 92.0 cm³/mol. The van der Waals surface area contributed by atoms with Gasteiger partial charge in [-0.3, -0.25) is 9.59 Å². The summed E-state index contributed by atoms with van der Waals surface area (Å²) in [7, 11) is 1.37. The Balaban J connectivity index is 2.03. The van der Waals surface area contributed by atoms with Gasteiger partial charge in [-0.25, -0.2) is 13.8 Å². The van der Waals surface area contributed by atoms with E-state index in [1.54, 1.807) is 6.07 Å². The van der Waals surface area contributed by atoms with E-state index in [9.17, 15) is 18.4 Å². The summed E-state index contributed by atoms with van der Waals surface area (Å²) in [5.74, 6) is -0.295. The second-order valence-electron chi connectivity index (χ2n) is 5.31. The molecule has 0 saturated heterocycles. The second-order valence-corrected chi connectivity index (χ2v) is 5.31. The molecule has 2 aromatic heterocycles. The Morgan fingerprint density at radius 1 is 1.26 bits per heavy atom. The first-order valence-corrected chi connectivity index (χ1v) is 7.85. The molecule has 0 bridgehead atoms. The number of nitrogens with zero attached hydrogens (tertiary/aromatic N) is 2. The average Bonchev–Trinajstić information content (AvgIpc) is 2.64. The lowest BCUT2D eigenvalue weighted by atomic mass is 10.2. The van der Waals surface area contributed by atoms with Crippen molar-refractivity contribution in [1.29, 1.82) is 0 Å². The van der Waals surface area contributed by atoms with E-state index in [1.807, 2.05) is 0 Å². The zero-order valence-electron chi connectivity index (χ0n) is 14.7. The number of pyridine rings is 2. The highest BCUT2D eigenvalue weighted by Crippen LogP contribution is 2.20. The van der Waals surface area contributed by atoms with Gasteiger partial charge in [0, 0.05) is 36.9 Å². The van der Waals surface area contributed by atoms with Crippen LogP contribution in [0.5, 0.6) is 11.8 Å². The Bertz CT molecular complexity index is 817. The summed E-state index contributed by atoms with van der Waals surface area (Å²) in [5, 5.41) is 5.17. The largest absolute Gasteiger partial charge is 0.481 e. The smallest absolute Gasteiger partial charge is 0.272 e. The molecule has 0 aliphatic rings. The van der Waals surface area contributed by atoms with Crippen LogP contribution in [-0.4, -0.2) is 41.9 Å². The number of carbonyl (C=O) groups excluding carboxylic acids is 2. The van der Waals surface area contributed by atoms with Crippen molar-refractivity contribution in [3.05, 3.63) is 41.6 Å². The van der Waals surface area contributed by atoms with Gasteiger partial charge in [-0.05, 0) is 18.2 Å². The minimum atomic E-state index is -2.61. The Morgan fingerprint density at radius 3 is 2.70 bits per heavy atom. The zero-order chi connectivity index (χ0) is 19.8. The van der Waals surface area contributed by atoms with Crippen LogP contribution in [0.1, 0.15) is 22.8 Å². The fraction of sp³-hybridized carbons (Fsp3) is 0.294. The van der Waals surface area contributed by atoms with Crippen LogP contribution in [0, 0.1) is 0 Å². The van der Waals surface area contributed by atoms with Gasteiger partial charge in [0.05, 0.1) is 7.11 Å². The molecule has 0 aliphatic heterocycles. The van der Waals surface area contributed by atoms with E-state index in [0.717, 1.165) is 0 Å². The van der Waals surface area contributed by atoms with Crippen molar-refractivity contribution in [2.24, 2.45) is 0 Å². The molecule has 0 aliphatic carbocycles. The Hall–Kier alpha value is -3.30. The van der Waals surface area contributed by atoms with Crippen LogP contribution in [-0.2, 0) is 11.3 Å². The van der Waals surface area contributed by atoms with Gasteiger partial charge in [0.2, 0.25) is 17.7 Å². The quantitative estimate of drug-likeness (QED) is 0.726. The van der Waals surface area contributed by atoms with Crippen LogP contribution in [0.25, 0.3) is 0 Å². The van der Waals surface area contributed by atoms with E-state index < -0.39 is 18.9 Å². The van der Waals surface area contributed by atoms with Gasteiger partial charge in [-0.2, -0.15) is 4.98 Å². The summed E-state index contributed by atoms with van der Waals surface area (Å²) in [5.41, 5.74) is 0.837. The molecular weight excluding hydrogens is 362 g/mol. The summed E-state index contributed by atoms with van der Waals surface area (Å²) in [6.07, 6.45) is -1.21. The van der Waals surface area contributed by atoms with E-state index in [4.69, 9.17) is 9.47 Å². The number of nitrogens with one attached hydrogen (secondary N) is 2. The first-order valence-electron chi connectivity index (χ1n) is 7.85. The second kappa shape index (κ2) is 9.41. The molecule has 2 aromatic rings. The van der Waals surface area contributed by atoms with Crippen LogP contribution in [0.4, 0.5) is 14.6 Å². The molecule has 0 atom stereocenters. The van der Waals surface area contributed by atoms with Crippen LogP contribution in [0.3, 0.4) is 0 Å². The number of hydrogen-bond acceptors (Lipinski definition) is 6. The lowest BCUT2D eigenvalue weighted by Gasteiger charge is -2.11. The number of halogens is 2. The Kier molecular flexibility index (Phi) is 6.98. The van der Waals surface area contributed by atoms with Crippen molar-refractivity contribution >= 4 is 17.6 Å². The summed E-state index contributed by atoms with van der Waals surface area (Å²) in [6, 6.07) is 5.90.